The Balaban J connectivity index is 0.00000312. The van der Waals surface area contributed by atoms with Crippen LogP contribution in [0.4, 0.5) is 0 Å². The number of amides is 1. The second-order valence-corrected chi connectivity index (χ2v) is 8.50. The number of halogens is 1. The van der Waals surface area contributed by atoms with E-state index >= 15 is 0 Å². The number of rotatable bonds is 6. The number of likely N-dealkylation sites (N-methyl/N-ethyl adjacent to an activating group) is 1. The lowest BCUT2D eigenvalue weighted by atomic mass is 10.2. The fourth-order valence-electron chi connectivity index (χ4n) is 2.30. The number of aryl methyl sites for hydroxylation is 2. The number of nitrogens with one attached hydrogen (secondary N) is 1. The number of thioether (sulfide) groups is 1. The summed E-state index contributed by atoms with van der Waals surface area (Å²) in [7, 11) is 1.76. The van der Waals surface area contributed by atoms with Gasteiger partial charge in [-0.3, -0.25) is 9.59 Å². The lowest BCUT2D eigenvalue weighted by Gasteiger charge is -2.26. The summed E-state index contributed by atoms with van der Waals surface area (Å²) in [4.78, 5) is 35.5. The number of nitrogens with zero attached hydrogens (tertiary/aromatic N) is 2. The first-order valence-electron chi connectivity index (χ1n) is 7.83. The van der Waals surface area contributed by atoms with Crippen LogP contribution in [-0.2, 0) is 10.5 Å². The molecule has 0 fully saturated rings. The maximum absolute atomic E-state index is 12.4. The molecule has 6 nitrogen and oxygen atoms in total. The lowest BCUT2D eigenvalue weighted by Crippen LogP contribution is -2.43. The van der Waals surface area contributed by atoms with E-state index in [-0.39, 0.29) is 35.2 Å². The Bertz CT molecular complexity index is 805. The van der Waals surface area contributed by atoms with Crippen molar-refractivity contribution in [2.24, 2.45) is 5.73 Å². The normalized spacial score (nSPS) is 13.4. The van der Waals surface area contributed by atoms with Gasteiger partial charge in [0.25, 0.3) is 5.56 Å². The van der Waals surface area contributed by atoms with Crippen LogP contribution < -0.4 is 11.3 Å². The van der Waals surface area contributed by atoms with Crippen LogP contribution in [-0.4, -0.2) is 45.7 Å². The highest BCUT2D eigenvalue weighted by atomic mass is 35.5. The summed E-state index contributed by atoms with van der Waals surface area (Å²) >= 11 is 2.99. The Morgan fingerprint density at radius 2 is 2.04 bits per heavy atom. The summed E-state index contributed by atoms with van der Waals surface area (Å²) in [5.41, 5.74) is 6.49. The Hall–Kier alpha value is -1.09. The standard InChI is InChI=1S/C16H24N4O2S2.ClH/c1-8(6-17)20(5)16(22)11(4)23-7-12-18-14(21)13-9(2)10(3)24-15(13)19-12;/h8,11H,6-7,17H2,1-5H3,(H,18,19,21);1H. The molecule has 0 aromatic carbocycles. The lowest BCUT2D eigenvalue weighted by molar-refractivity contribution is -0.130. The van der Waals surface area contributed by atoms with E-state index < -0.39 is 0 Å². The van der Waals surface area contributed by atoms with Crippen LogP contribution in [0.15, 0.2) is 4.79 Å². The van der Waals surface area contributed by atoms with E-state index in [1.165, 1.54) is 23.1 Å². The molecule has 0 aliphatic rings. The fraction of sp³-hybridized carbons (Fsp3) is 0.562. The van der Waals surface area contributed by atoms with Crippen molar-refractivity contribution in [3.05, 3.63) is 26.6 Å². The van der Waals surface area contributed by atoms with Gasteiger partial charge in [0, 0.05) is 24.5 Å². The van der Waals surface area contributed by atoms with Crippen molar-refractivity contribution in [3.8, 4) is 0 Å². The van der Waals surface area contributed by atoms with Gasteiger partial charge in [0.2, 0.25) is 5.91 Å². The molecule has 2 aromatic heterocycles. The minimum Gasteiger partial charge on any atom is -0.341 e. The van der Waals surface area contributed by atoms with Crippen molar-refractivity contribution in [3.63, 3.8) is 0 Å². The first-order valence-corrected chi connectivity index (χ1v) is 9.70. The molecule has 2 unspecified atom stereocenters. The van der Waals surface area contributed by atoms with E-state index in [9.17, 15) is 9.59 Å². The zero-order chi connectivity index (χ0) is 18.0. The minimum atomic E-state index is -0.225. The minimum absolute atomic E-state index is 0. The maximum atomic E-state index is 12.4. The molecule has 0 bridgehead atoms. The molecule has 2 aromatic rings. The molecule has 0 saturated heterocycles. The second-order valence-electron chi connectivity index (χ2n) is 5.96. The number of carbonyl (C=O) groups excluding carboxylic acids is 1. The number of aromatic amines is 1. The molecule has 0 saturated carbocycles. The van der Waals surface area contributed by atoms with Crippen molar-refractivity contribution in [1.29, 1.82) is 0 Å². The Kier molecular flexibility index (Phi) is 7.92. The highest BCUT2D eigenvalue weighted by Gasteiger charge is 2.21. The van der Waals surface area contributed by atoms with Crippen molar-refractivity contribution in [2.45, 2.75) is 44.7 Å². The van der Waals surface area contributed by atoms with E-state index in [1.807, 2.05) is 27.7 Å². The van der Waals surface area contributed by atoms with Crippen LogP contribution in [0.25, 0.3) is 10.2 Å². The average molecular weight is 405 g/mol. The van der Waals surface area contributed by atoms with Gasteiger partial charge >= 0.3 is 0 Å². The molecule has 2 atom stereocenters. The Labute approximate surface area is 162 Å². The highest BCUT2D eigenvalue weighted by Crippen LogP contribution is 2.26. The molecule has 0 aliphatic carbocycles. The van der Waals surface area contributed by atoms with Crippen LogP contribution in [0.3, 0.4) is 0 Å². The number of aromatic nitrogens is 2. The van der Waals surface area contributed by atoms with Gasteiger partial charge in [0.05, 0.1) is 16.4 Å². The molecular weight excluding hydrogens is 380 g/mol. The number of H-pyrrole nitrogens is 1. The zero-order valence-corrected chi connectivity index (χ0v) is 17.5. The predicted octanol–water partition coefficient (Wildman–Crippen LogP) is 2.45. The van der Waals surface area contributed by atoms with Crippen LogP contribution >= 0.6 is 35.5 Å². The molecule has 0 radical (unpaired) electrons. The van der Waals surface area contributed by atoms with Crippen LogP contribution in [0.1, 0.15) is 30.1 Å². The molecule has 1 amide bonds. The van der Waals surface area contributed by atoms with E-state index in [4.69, 9.17) is 5.73 Å². The van der Waals surface area contributed by atoms with Gasteiger partial charge in [0.15, 0.2) is 0 Å². The predicted molar refractivity (Wildman–Crippen MR) is 109 cm³/mol. The van der Waals surface area contributed by atoms with Gasteiger partial charge in [-0.1, -0.05) is 0 Å². The summed E-state index contributed by atoms with van der Waals surface area (Å²) < 4.78 is 0. The second kappa shape index (κ2) is 9.02. The summed E-state index contributed by atoms with van der Waals surface area (Å²) in [5, 5.41) is 0.448. The van der Waals surface area contributed by atoms with Crippen molar-refractivity contribution >= 4 is 51.6 Å². The van der Waals surface area contributed by atoms with Crippen molar-refractivity contribution in [2.75, 3.05) is 13.6 Å². The molecule has 0 aliphatic heterocycles. The molecule has 2 heterocycles. The third-order valence-electron chi connectivity index (χ3n) is 4.26. The molecule has 9 heteroatoms. The topological polar surface area (TPSA) is 92.1 Å². The smallest absolute Gasteiger partial charge is 0.259 e. The van der Waals surface area contributed by atoms with Gasteiger partial charge in [-0.25, -0.2) is 4.98 Å². The number of carbonyl (C=O) groups is 1. The van der Waals surface area contributed by atoms with Gasteiger partial charge < -0.3 is 15.6 Å². The Morgan fingerprint density at radius 1 is 1.40 bits per heavy atom. The van der Waals surface area contributed by atoms with Gasteiger partial charge in [-0.2, -0.15) is 0 Å². The third-order valence-corrected chi connectivity index (χ3v) is 6.50. The molecule has 2 rings (SSSR count). The maximum Gasteiger partial charge on any atom is 0.259 e. The molecule has 140 valence electrons. The quantitative estimate of drug-likeness (QED) is 0.771. The summed E-state index contributed by atoms with van der Waals surface area (Å²) in [6.45, 7) is 8.15. The first kappa shape index (κ1) is 22.0. The summed E-state index contributed by atoms with van der Waals surface area (Å²) in [6.07, 6.45) is 0. The number of hydrogen-bond donors (Lipinski definition) is 2. The molecule has 25 heavy (non-hydrogen) atoms. The van der Waals surface area contributed by atoms with Crippen LogP contribution in [0.2, 0.25) is 0 Å². The number of hydrogen-bond acceptors (Lipinski definition) is 6. The molecule has 3 N–H and O–H groups in total. The van der Waals surface area contributed by atoms with Crippen molar-refractivity contribution < 1.29 is 4.79 Å². The number of nitrogens with two attached hydrogens (primary N) is 1. The van der Waals surface area contributed by atoms with Crippen LogP contribution in [0, 0.1) is 13.8 Å². The highest BCUT2D eigenvalue weighted by molar-refractivity contribution is 7.99. The largest absolute Gasteiger partial charge is 0.341 e. The fourth-order valence-corrected chi connectivity index (χ4v) is 4.21. The van der Waals surface area contributed by atoms with Gasteiger partial charge in [0.1, 0.15) is 10.7 Å². The average Bonchev–Trinajstić information content (AvgIpc) is 2.85. The van der Waals surface area contributed by atoms with E-state index in [1.54, 1.807) is 11.9 Å². The number of thiophene rings is 1. The summed E-state index contributed by atoms with van der Waals surface area (Å²) in [6, 6.07) is 0.00639. The van der Waals surface area contributed by atoms with Crippen molar-refractivity contribution in [1.82, 2.24) is 14.9 Å². The van der Waals surface area contributed by atoms with Crippen LogP contribution in [0.5, 0.6) is 0 Å². The monoisotopic (exact) mass is 404 g/mol. The Morgan fingerprint density at radius 3 is 2.64 bits per heavy atom. The van der Waals surface area contributed by atoms with E-state index in [2.05, 4.69) is 9.97 Å². The van der Waals surface area contributed by atoms with E-state index in [0.717, 1.165) is 15.3 Å². The third kappa shape index (κ3) is 4.75. The van der Waals surface area contributed by atoms with Gasteiger partial charge in [-0.05, 0) is 33.3 Å². The van der Waals surface area contributed by atoms with E-state index in [0.29, 0.717) is 23.5 Å². The van der Waals surface area contributed by atoms with Gasteiger partial charge in [-0.15, -0.1) is 35.5 Å². The molecular formula is C16H25ClN4O2S2. The molecule has 0 spiro atoms. The SMILES string of the molecule is Cc1sc2nc(CSC(C)C(=O)N(C)C(C)CN)[nH]c(=O)c2c1C.Cl. The zero-order valence-electron chi connectivity index (χ0n) is 15.1. The number of fused-ring (bicyclic) bond motifs is 1. The first-order chi connectivity index (χ1) is 11.3. The summed E-state index contributed by atoms with van der Waals surface area (Å²) in [5.74, 6) is 1.12.